The summed E-state index contributed by atoms with van der Waals surface area (Å²) in [4.78, 5) is 35.5. The van der Waals surface area contributed by atoms with Crippen molar-refractivity contribution in [2.75, 3.05) is 26.2 Å². The monoisotopic (exact) mass is 484 g/mol. The largest absolute Gasteiger partial charge is 0.328 e. The van der Waals surface area contributed by atoms with Crippen molar-refractivity contribution < 1.29 is 13.6 Å². The number of likely N-dealkylation sites (tertiary alicyclic amines) is 2. The Hall–Kier alpha value is -2.78. The number of carbonyl (C=O) groups excluding carboxylic acids is 1. The summed E-state index contributed by atoms with van der Waals surface area (Å²) in [6.07, 6.45) is 6.07. The first-order valence-corrected chi connectivity index (χ1v) is 12.8. The maximum Gasteiger partial charge on any atom is 0.320 e. The zero-order valence-electron chi connectivity index (χ0n) is 19.6. The SMILES string of the molecule is O=C(N1CC2(CC(Cc3c[nH]c(=O)c(C(F)F)c3)C2)C1)N1CC2(CC(c3nc(C4CC4)n[nH]3)C2)C1. The van der Waals surface area contributed by atoms with E-state index in [4.69, 9.17) is 4.98 Å². The van der Waals surface area contributed by atoms with E-state index in [0.29, 0.717) is 24.2 Å². The summed E-state index contributed by atoms with van der Waals surface area (Å²) in [5.41, 5.74) is 0.0542. The van der Waals surface area contributed by atoms with Crippen LogP contribution < -0.4 is 5.56 Å². The van der Waals surface area contributed by atoms with Crippen LogP contribution in [0.25, 0.3) is 0 Å². The molecule has 7 rings (SSSR count). The van der Waals surface area contributed by atoms with Crippen molar-refractivity contribution >= 4 is 6.03 Å². The Morgan fingerprint density at radius 2 is 1.71 bits per heavy atom. The van der Waals surface area contributed by atoms with Gasteiger partial charge in [0.15, 0.2) is 5.82 Å². The van der Waals surface area contributed by atoms with Gasteiger partial charge in [0.25, 0.3) is 12.0 Å². The van der Waals surface area contributed by atoms with Gasteiger partial charge in [-0.3, -0.25) is 9.89 Å². The van der Waals surface area contributed by atoms with E-state index in [1.807, 2.05) is 9.80 Å². The molecule has 8 nitrogen and oxygen atoms in total. The number of hydrogen-bond donors (Lipinski definition) is 2. The van der Waals surface area contributed by atoms with Crippen LogP contribution in [0.15, 0.2) is 17.1 Å². The topological polar surface area (TPSA) is 98.0 Å². The molecule has 10 heteroatoms. The molecular formula is C25H30F2N6O2. The Balaban J connectivity index is 0.854. The molecule has 0 atom stereocenters. The van der Waals surface area contributed by atoms with Crippen molar-refractivity contribution in [2.24, 2.45) is 16.7 Å². The summed E-state index contributed by atoms with van der Waals surface area (Å²) in [5, 5.41) is 7.51. The molecule has 2 N–H and O–H groups in total. The van der Waals surface area contributed by atoms with Crippen molar-refractivity contribution in [2.45, 2.75) is 63.2 Å². The molecule has 0 aromatic carbocycles. The van der Waals surface area contributed by atoms with Crippen LogP contribution in [0.5, 0.6) is 0 Å². The molecule has 0 unspecified atom stereocenters. The average Bonchev–Trinajstić information content (AvgIpc) is 3.45. The van der Waals surface area contributed by atoms with E-state index in [0.717, 1.165) is 69.1 Å². The third-order valence-corrected chi connectivity index (χ3v) is 9.05. The van der Waals surface area contributed by atoms with E-state index in [-0.39, 0.29) is 16.9 Å². The molecule has 3 saturated carbocycles. The number of carbonyl (C=O) groups is 1. The first kappa shape index (κ1) is 21.5. The minimum absolute atomic E-state index is 0.158. The predicted molar refractivity (Wildman–Crippen MR) is 122 cm³/mol. The average molecular weight is 485 g/mol. The number of rotatable bonds is 5. The van der Waals surface area contributed by atoms with Crippen LogP contribution in [-0.4, -0.2) is 62.2 Å². The van der Waals surface area contributed by atoms with Crippen LogP contribution in [0.3, 0.4) is 0 Å². The summed E-state index contributed by atoms with van der Waals surface area (Å²) in [5.74, 6) is 3.44. The Morgan fingerprint density at radius 3 is 2.34 bits per heavy atom. The number of nitrogens with zero attached hydrogens (tertiary/aromatic N) is 4. The lowest BCUT2D eigenvalue weighted by molar-refractivity contribution is -0.100. The first-order chi connectivity index (χ1) is 16.8. The molecule has 186 valence electrons. The number of nitrogens with one attached hydrogen (secondary N) is 2. The van der Waals surface area contributed by atoms with Crippen LogP contribution in [0.2, 0.25) is 0 Å². The number of halogens is 2. The first-order valence-electron chi connectivity index (χ1n) is 12.8. The second kappa shape index (κ2) is 7.36. The third kappa shape index (κ3) is 3.59. The summed E-state index contributed by atoms with van der Waals surface area (Å²) < 4.78 is 26.0. The molecule has 0 radical (unpaired) electrons. The summed E-state index contributed by atoms with van der Waals surface area (Å²) in [6.45, 7) is 3.28. The van der Waals surface area contributed by atoms with Crippen LogP contribution >= 0.6 is 0 Å². The lowest BCUT2D eigenvalue weighted by Crippen LogP contribution is -2.70. The van der Waals surface area contributed by atoms with Gasteiger partial charge in [0, 0.05) is 55.0 Å². The van der Waals surface area contributed by atoms with Crippen molar-refractivity contribution in [1.29, 1.82) is 0 Å². The smallest absolute Gasteiger partial charge is 0.320 e. The molecule has 2 aliphatic heterocycles. The van der Waals surface area contributed by atoms with Gasteiger partial charge in [-0.1, -0.05) is 0 Å². The van der Waals surface area contributed by atoms with Crippen molar-refractivity contribution in [1.82, 2.24) is 30.0 Å². The molecule has 35 heavy (non-hydrogen) atoms. The lowest BCUT2D eigenvalue weighted by Gasteiger charge is -2.63. The van der Waals surface area contributed by atoms with Crippen molar-refractivity contribution in [3.8, 4) is 0 Å². The van der Waals surface area contributed by atoms with Gasteiger partial charge in [-0.2, -0.15) is 5.10 Å². The van der Waals surface area contributed by atoms with E-state index in [9.17, 15) is 18.4 Å². The van der Waals surface area contributed by atoms with Crippen LogP contribution in [0.4, 0.5) is 13.6 Å². The van der Waals surface area contributed by atoms with Crippen LogP contribution in [-0.2, 0) is 6.42 Å². The molecule has 2 amide bonds. The van der Waals surface area contributed by atoms with Crippen molar-refractivity contribution in [3.63, 3.8) is 0 Å². The summed E-state index contributed by atoms with van der Waals surface area (Å²) >= 11 is 0. The number of H-pyrrole nitrogens is 2. The van der Waals surface area contributed by atoms with Gasteiger partial charge in [-0.05, 0) is 62.5 Å². The second-order valence-electron chi connectivity index (χ2n) is 12.0. The van der Waals surface area contributed by atoms with Gasteiger partial charge in [0.2, 0.25) is 0 Å². The zero-order valence-corrected chi connectivity index (χ0v) is 19.6. The minimum Gasteiger partial charge on any atom is -0.328 e. The van der Waals surface area contributed by atoms with E-state index in [2.05, 4.69) is 15.2 Å². The molecule has 4 heterocycles. The maximum atomic E-state index is 13.0. The number of urea groups is 1. The molecule has 2 spiro atoms. The van der Waals surface area contributed by atoms with Gasteiger partial charge in [0.05, 0.1) is 5.56 Å². The number of alkyl halides is 2. The highest BCUT2D eigenvalue weighted by molar-refractivity contribution is 5.77. The normalized spacial score (nSPS) is 24.9. The molecular weight excluding hydrogens is 454 g/mol. The third-order valence-electron chi connectivity index (χ3n) is 9.05. The van der Waals surface area contributed by atoms with E-state index >= 15 is 0 Å². The van der Waals surface area contributed by atoms with Gasteiger partial charge in [-0.25, -0.2) is 18.6 Å². The number of pyridine rings is 1. The Morgan fingerprint density at radius 1 is 1.06 bits per heavy atom. The van der Waals surface area contributed by atoms with Gasteiger partial charge >= 0.3 is 6.03 Å². The highest BCUT2D eigenvalue weighted by Crippen LogP contribution is 2.57. The zero-order chi connectivity index (χ0) is 23.9. The Labute approximate surface area is 201 Å². The minimum atomic E-state index is -2.76. The Bertz CT molecular complexity index is 1210. The number of hydrogen-bond acceptors (Lipinski definition) is 4. The van der Waals surface area contributed by atoms with Gasteiger partial charge < -0.3 is 14.8 Å². The quantitative estimate of drug-likeness (QED) is 0.678. The number of aromatic amines is 2. The number of amides is 2. The summed E-state index contributed by atoms with van der Waals surface area (Å²) in [7, 11) is 0. The summed E-state index contributed by atoms with van der Waals surface area (Å²) in [6, 6.07) is 1.50. The van der Waals surface area contributed by atoms with E-state index < -0.39 is 17.5 Å². The lowest BCUT2D eigenvalue weighted by atomic mass is 9.56. The maximum absolute atomic E-state index is 13.0. The fourth-order valence-electron chi connectivity index (χ4n) is 7.16. The highest BCUT2D eigenvalue weighted by atomic mass is 19.3. The van der Waals surface area contributed by atoms with Crippen LogP contribution in [0, 0.1) is 16.7 Å². The fourth-order valence-corrected chi connectivity index (χ4v) is 7.16. The molecule has 2 aromatic heterocycles. The molecule has 5 aliphatic rings. The Kier molecular flexibility index (Phi) is 4.52. The highest BCUT2D eigenvalue weighted by Gasteiger charge is 2.58. The fraction of sp³-hybridized carbons (Fsp3) is 0.680. The van der Waals surface area contributed by atoms with Crippen LogP contribution in [0.1, 0.15) is 79.6 Å². The second-order valence-corrected chi connectivity index (χ2v) is 12.0. The molecule has 2 aromatic rings. The molecule has 5 fully saturated rings. The predicted octanol–water partition coefficient (Wildman–Crippen LogP) is 3.56. The number of aromatic nitrogens is 4. The van der Waals surface area contributed by atoms with E-state index in [1.165, 1.54) is 18.9 Å². The van der Waals surface area contributed by atoms with Crippen molar-refractivity contribution in [3.05, 3.63) is 45.4 Å². The molecule has 3 aliphatic carbocycles. The van der Waals surface area contributed by atoms with Gasteiger partial charge in [0.1, 0.15) is 5.82 Å². The molecule has 0 bridgehead atoms. The van der Waals surface area contributed by atoms with E-state index in [1.54, 1.807) is 6.20 Å². The molecule has 2 saturated heterocycles. The standard InChI is InChI=1S/C25H30F2N6O2/c26-19(27)18-4-14(9-28-22(18)34)3-15-5-24(6-15)10-32(11-24)23(35)33-12-25(13-33)7-17(8-25)21-29-20(30-31-21)16-1-2-16/h4,9,15-17,19H,1-3,5-8,10-13H2,(H,28,34)(H,29,30,31). The van der Waals surface area contributed by atoms with Gasteiger partial charge in [-0.15, -0.1) is 0 Å².